The molecule has 0 aromatic carbocycles. The molecule has 0 radical (unpaired) electrons. The van der Waals surface area contributed by atoms with Crippen molar-refractivity contribution in [3.8, 4) is 0 Å². The van der Waals surface area contributed by atoms with Crippen molar-refractivity contribution >= 4 is 0 Å². The monoisotopic (exact) mass is 222 g/mol. The van der Waals surface area contributed by atoms with Crippen LogP contribution in [0.1, 0.15) is 52.4 Å². The predicted octanol–water partition coefficient (Wildman–Crippen LogP) is 3.47. The summed E-state index contributed by atoms with van der Waals surface area (Å²) < 4.78 is 0. The third-order valence-electron chi connectivity index (χ3n) is 5.81. The zero-order valence-electron chi connectivity index (χ0n) is 10.7. The molecule has 3 saturated carbocycles. The van der Waals surface area contributed by atoms with Gasteiger partial charge in [0.1, 0.15) is 0 Å². The van der Waals surface area contributed by atoms with Crippen LogP contribution in [0.2, 0.25) is 0 Å². The van der Waals surface area contributed by atoms with Crippen LogP contribution in [0, 0.1) is 35.5 Å². The van der Waals surface area contributed by atoms with Gasteiger partial charge in [-0.15, -0.1) is 0 Å². The van der Waals surface area contributed by atoms with Gasteiger partial charge in [-0.05, 0) is 67.6 Å². The van der Waals surface area contributed by atoms with E-state index >= 15 is 0 Å². The van der Waals surface area contributed by atoms with Crippen LogP contribution in [0.4, 0.5) is 0 Å². The van der Waals surface area contributed by atoms with E-state index in [1.54, 1.807) is 0 Å². The minimum Gasteiger partial charge on any atom is -0.393 e. The first-order valence-corrected chi connectivity index (χ1v) is 7.33. The Bertz CT molecular complexity index is 262. The van der Waals surface area contributed by atoms with Gasteiger partial charge in [0.15, 0.2) is 0 Å². The number of rotatable bonds is 1. The van der Waals surface area contributed by atoms with Crippen LogP contribution < -0.4 is 0 Å². The Hall–Kier alpha value is -0.0400. The van der Waals surface area contributed by atoms with Crippen LogP contribution in [0.25, 0.3) is 0 Å². The predicted molar refractivity (Wildman–Crippen MR) is 66.0 cm³/mol. The topological polar surface area (TPSA) is 20.2 Å². The van der Waals surface area contributed by atoms with Crippen LogP contribution in [0.15, 0.2) is 0 Å². The molecule has 0 spiro atoms. The SMILES string of the molecule is C[C@@H]1C[C@@H]([C@@H]2C[C@H]3CC[C@H]2C3)[C@@H](O)[C@H](C)C1. The number of aliphatic hydroxyl groups excluding tert-OH is 1. The van der Waals surface area contributed by atoms with Gasteiger partial charge in [0.2, 0.25) is 0 Å². The summed E-state index contributed by atoms with van der Waals surface area (Å²) >= 11 is 0. The fourth-order valence-corrected chi connectivity index (χ4v) is 5.14. The summed E-state index contributed by atoms with van der Waals surface area (Å²) in [4.78, 5) is 0. The molecule has 0 saturated heterocycles. The summed E-state index contributed by atoms with van der Waals surface area (Å²) in [7, 11) is 0. The van der Waals surface area contributed by atoms with Gasteiger partial charge in [-0.1, -0.05) is 20.3 Å². The van der Waals surface area contributed by atoms with E-state index in [-0.39, 0.29) is 6.10 Å². The second-order valence-corrected chi connectivity index (χ2v) is 7.05. The molecule has 7 atom stereocenters. The van der Waals surface area contributed by atoms with E-state index in [0.29, 0.717) is 11.8 Å². The zero-order valence-corrected chi connectivity index (χ0v) is 10.7. The number of hydrogen-bond acceptors (Lipinski definition) is 1. The molecule has 3 aliphatic rings. The Morgan fingerprint density at radius 3 is 2.31 bits per heavy atom. The average Bonchev–Trinajstić information content (AvgIpc) is 2.84. The second kappa shape index (κ2) is 4.01. The van der Waals surface area contributed by atoms with Crippen LogP contribution in [-0.2, 0) is 0 Å². The molecule has 0 aromatic heterocycles. The summed E-state index contributed by atoms with van der Waals surface area (Å²) in [5.74, 6) is 4.88. The van der Waals surface area contributed by atoms with Gasteiger partial charge in [-0.3, -0.25) is 0 Å². The van der Waals surface area contributed by atoms with Gasteiger partial charge >= 0.3 is 0 Å². The largest absolute Gasteiger partial charge is 0.393 e. The fraction of sp³-hybridized carbons (Fsp3) is 1.00. The lowest BCUT2D eigenvalue weighted by molar-refractivity contribution is -0.0312. The first-order chi connectivity index (χ1) is 7.65. The smallest absolute Gasteiger partial charge is 0.0596 e. The lowest BCUT2D eigenvalue weighted by Crippen LogP contribution is -2.40. The lowest BCUT2D eigenvalue weighted by Gasteiger charge is -2.42. The number of aliphatic hydroxyl groups is 1. The number of fused-ring (bicyclic) bond motifs is 2. The highest BCUT2D eigenvalue weighted by atomic mass is 16.3. The Labute approximate surface area is 99.6 Å². The summed E-state index contributed by atoms with van der Waals surface area (Å²) in [5.41, 5.74) is 0. The van der Waals surface area contributed by atoms with Crippen molar-refractivity contribution in [3.63, 3.8) is 0 Å². The highest BCUT2D eigenvalue weighted by molar-refractivity contribution is 4.97. The molecule has 92 valence electrons. The third kappa shape index (κ3) is 1.72. The molecule has 2 bridgehead atoms. The molecule has 0 amide bonds. The quantitative estimate of drug-likeness (QED) is 0.720. The van der Waals surface area contributed by atoms with Crippen LogP contribution in [-0.4, -0.2) is 11.2 Å². The molecule has 0 heterocycles. The van der Waals surface area contributed by atoms with E-state index in [0.717, 1.165) is 23.7 Å². The Kier molecular flexibility index (Phi) is 2.78. The van der Waals surface area contributed by atoms with E-state index < -0.39 is 0 Å². The van der Waals surface area contributed by atoms with Gasteiger partial charge in [0.05, 0.1) is 6.10 Å². The van der Waals surface area contributed by atoms with Crippen LogP contribution in [0.3, 0.4) is 0 Å². The summed E-state index contributed by atoms with van der Waals surface area (Å²) in [6.07, 6.45) is 8.39. The van der Waals surface area contributed by atoms with Crippen LogP contribution in [0.5, 0.6) is 0 Å². The maximum absolute atomic E-state index is 10.4. The maximum Gasteiger partial charge on any atom is 0.0596 e. The normalized spacial score (nSPS) is 56.8. The molecule has 1 heteroatoms. The molecule has 3 fully saturated rings. The minimum absolute atomic E-state index is 0.000509. The van der Waals surface area contributed by atoms with Crippen molar-refractivity contribution in [2.24, 2.45) is 35.5 Å². The molecule has 3 rings (SSSR count). The van der Waals surface area contributed by atoms with Gasteiger partial charge in [-0.2, -0.15) is 0 Å². The Balaban J connectivity index is 1.73. The third-order valence-corrected chi connectivity index (χ3v) is 5.81. The first kappa shape index (κ1) is 11.1. The standard InChI is InChI=1S/C15H26O/c1-9-5-10(2)15(16)14(6-9)13-8-11-3-4-12(13)7-11/h9-16H,3-8H2,1-2H3/t9-,10+,11-,12-,13+,14-,15-/m0/s1. The van der Waals surface area contributed by atoms with Crippen molar-refractivity contribution in [2.45, 2.75) is 58.5 Å². The molecule has 0 unspecified atom stereocenters. The summed E-state index contributed by atoms with van der Waals surface area (Å²) in [6, 6.07) is 0. The highest BCUT2D eigenvalue weighted by Gasteiger charge is 2.47. The molecule has 1 N–H and O–H groups in total. The van der Waals surface area contributed by atoms with E-state index in [1.807, 2.05) is 0 Å². The molecule has 1 nitrogen and oxygen atoms in total. The minimum atomic E-state index is 0.000509. The van der Waals surface area contributed by atoms with Gasteiger partial charge in [0, 0.05) is 0 Å². The van der Waals surface area contributed by atoms with Gasteiger partial charge < -0.3 is 5.11 Å². The second-order valence-electron chi connectivity index (χ2n) is 7.05. The Morgan fingerprint density at radius 2 is 1.69 bits per heavy atom. The molecule has 3 aliphatic carbocycles. The molecular weight excluding hydrogens is 196 g/mol. The Morgan fingerprint density at radius 1 is 0.875 bits per heavy atom. The average molecular weight is 222 g/mol. The van der Waals surface area contributed by atoms with Crippen molar-refractivity contribution in [2.75, 3.05) is 0 Å². The first-order valence-electron chi connectivity index (χ1n) is 7.33. The maximum atomic E-state index is 10.4. The molecule has 0 aromatic rings. The highest BCUT2D eigenvalue weighted by Crippen LogP contribution is 2.54. The molecule has 16 heavy (non-hydrogen) atoms. The van der Waals surface area contributed by atoms with Crippen molar-refractivity contribution in [1.29, 1.82) is 0 Å². The van der Waals surface area contributed by atoms with Crippen LogP contribution >= 0.6 is 0 Å². The van der Waals surface area contributed by atoms with Crippen molar-refractivity contribution in [3.05, 3.63) is 0 Å². The van der Waals surface area contributed by atoms with Gasteiger partial charge in [0.25, 0.3) is 0 Å². The van der Waals surface area contributed by atoms with E-state index in [4.69, 9.17) is 0 Å². The fourth-order valence-electron chi connectivity index (χ4n) is 5.14. The molecular formula is C15H26O. The van der Waals surface area contributed by atoms with E-state index in [9.17, 15) is 5.11 Å². The summed E-state index contributed by atoms with van der Waals surface area (Å²) in [5, 5.41) is 10.4. The zero-order chi connectivity index (χ0) is 11.3. The molecule has 0 aliphatic heterocycles. The van der Waals surface area contributed by atoms with Crippen molar-refractivity contribution < 1.29 is 5.11 Å². The van der Waals surface area contributed by atoms with Gasteiger partial charge in [-0.25, -0.2) is 0 Å². The number of hydrogen-bond donors (Lipinski definition) is 1. The van der Waals surface area contributed by atoms with E-state index in [2.05, 4.69) is 13.8 Å². The van der Waals surface area contributed by atoms with E-state index in [1.165, 1.54) is 38.5 Å². The lowest BCUT2D eigenvalue weighted by atomic mass is 9.66. The van der Waals surface area contributed by atoms with Crippen molar-refractivity contribution in [1.82, 2.24) is 0 Å². The summed E-state index contributed by atoms with van der Waals surface area (Å²) in [6.45, 7) is 4.63.